The molecule has 3 amide bonds. The first-order valence-corrected chi connectivity index (χ1v) is 10.3. The van der Waals surface area contributed by atoms with Crippen LogP contribution in [0, 0.1) is 0 Å². The third-order valence-corrected chi connectivity index (χ3v) is 4.19. The number of amides is 3. The van der Waals surface area contributed by atoms with Crippen molar-refractivity contribution in [3.05, 3.63) is 0 Å². The van der Waals surface area contributed by atoms with Crippen LogP contribution in [-0.2, 0) is 9.47 Å². The van der Waals surface area contributed by atoms with Crippen LogP contribution in [0.1, 0.15) is 41.5 Å². The van der Waals surface area contributed by atoms with Gasteiger partial charge >= 0.3 is 17.6 Å². The molecule has 9 nitrogen and oxygen atoms in total. The van der Waals surface area contributed by atoms with Gasteiger partial charge in [-0.2, -0.15) is 0 Å². The van der Waals surface area contributed by atoms with Gasteiger partial charge < -0.3 is 29.5 Å². The van der Waals surface area contributed by atoms with Gasteiger partial charge in [-0.05, 0) is 53.1 Å². The SMILES string of the molecule is CC(C)(C)OC(=O)N1CCN(C(=O)Cl)CC1.CC(C)(C)OC(=O)N1CCNCC1. The molecule has 0 atom stereocenters. The molecule has 0 aromatic rings. The van der Waals surface area contributed by atoms with Gasteiger partial charge in [0.1, 0.15) is 11.2 Å². The fraction of sp³-hybridized carbons (Fsp3) is 0.842. The number of nitrogens with one attached hydrogen (secondary N) is 1. The van der Waals surface area contributed by atoms with Gasteiger partial charge in [0.15, 0.2) is 0 Å². The lowest BCUT2D eigenvalue weighted by molar-refractivity contribution is 0.0175. The van der Waals surface area contributed by atoms with Crippen LogP contribution in [0.5, 0.6) is 0 Å². The Labute approximate surface area is 178 Å². The second-order valence-corrected chi connectivity index (χ2v) is 9.25. The third-order valence-electron chi connectivity index (χ3n) is 3.95. The van der Waals surface area contributed by atoms with Gasteiger partial charge in [-0.15, -0.1) is 0 Å². The van der Waals surface area contributed by atoms with Crippen LogP contribution < -0.4 is 5.32 Å². The molecule has 0 aromatic carbocycles. The first kappa shape index (κ1) is 25.3. The van der Waals surface area contributed by atoms with Gasteiger partial charge in [0, 0.05) is 52.4 Å². The van der Waals surface area contributed by atoms with Gasteiger partial charge in [-0.1, -0.05) is 0 Å². The number of rotatable bonds is 0. The summed E-state index contributed by atoms with van der Waals surface area (Å²) < 4.78 is 10.5. The monoisotopic (exact) mass is 434 g/mol. The molecule has 2 rings (SSSR count). The summed E-state index contributed by atoms with van der Waals surface area (Å²) in [6.07, 6.45) is -0.539. The Morgan fingerprint density at radius 3 is 1.38 bits per heavy atom. The Morgan fingerprint density at radius 1 is 0.690 bits per heavy atom. The molecular formula is C19H35ClN4O5. The van der Waals surface area contributed by atoms with Gasteiger partial charge in [0.2, 0.25) is 0 Å². The van der Waals surface area contributed by atoms with Gasteiger partial charge in [0.05, 0.1) is 0 Å². The molecule has 0 unspecified atom stereocenters. The van der Waals surface area contributed by atoms with E-state index in [4.69, 9.17) is 21.1 Å². The summed E-state index contributed by atoms with van der Waals surface area (Å²) in [7, 11) is 0. The highest BCUT2D eigenvalue weighted by Gasteiger charge is 2.27. The van der Waals surface area contributed by atoms with Crippen LogP contribution >= 0.6 is 11.6 Å². The Hall–Kier alpha value is -1.74. The average Bonchev–Trinajstić information content (AvgIpc) is 2.60. The van der Waals surface area contributed by atoms with Gasteiger partial charge in [0.25, 0.3) is 0 Å². The number of ether oxygens (including phenoxy) is 2. The van der Waals surface area contributed by atoms with E-state index in [0.29, 0.717) is 26.2 Å². The van der Waals surface area contributed by atoms with E-state index in [9.17, 15) is 14.4 Å². The van der Waals surface area contributed by atoms with Crippen molar-refractivity contribution in [1.29, 1.82) is 0 Å². The number of hydrogen-bond acceptors (Lipinski definition) is 6. The molecule has 0 saturated carbocycles. The maximum absolute atomic E-state index is 11.7. The highest BCUT2D eigenvalue weighted by molar-refractivity contribution is 6.62. The number of piperazine rings is 2. The lowest BCUT2D eigenvalue weighted by Crippen LogP contribution is -2.50. The molecule has 0 aliphatic carbocycles. The maximum Gasteiger partial charge on any atom is 0.410 e. The van der Waals surface area contributed by atoms with Gasteiger partial charge in [-0.3, -0.25) is 4.79 Å². The van der Waals surface area contributed by atoms with Crippen molar-refractivity contribution in [2.45, 2.75) is 52.7 Å². The van der Waals surface area contributed by atoms with Crippen LogP contribution in [0.15, 0.2) is 0 Å². The summed E-state index contributed by atoms with van der Waals surface area (Å²) >= 11 is 5.34. The summed E-state index contributed by atoms with van der Waals surface area (Å²) in [5.74, 6) is 0. The smallest absolute Gasteiger partial charge is 0.410 e. The van der Waals surface area contributed by atoms with E-state index in [0.717, 1.165) is 26.2 Å². The van der Waals surface area contributed by atoms with E-state index < -0.39 is 11.0 Å². The first-order chi connectivity index (χ1) is 13.3. The zero-order valence-corrected chi connectivity index (χ0v) is 19.2. The van der Waals surface area contributed by atoms with Crippen molar-refractivity contribution < 1.29 is 23.9 Å². The second-order valence-electron chi connectivity index (χ2n) is 8.92. The van der Waals surface area contributed by atoms with E-state index in [2.05, 4.69) is 5.32 Å². The Bertz CT molecular complexity index is 560. The summed E-state index contributed by atoms with van der Waals surface area (Å²) in [5.41, 5.74) is -0.877. The predicted molar refractivity (Wildman–Crippen MR) is 111 cm³/mol. The Morgan fingerprint density at radius 2 is 1.03 bits per heavy atom. The predicted octanol–water partition coefficient (Wildman–Crippen LogP) is 2.72. The standard InChI is InChI=1S/C10H17ClN2O3.C9H18N2O2/c1-10(2,3)16-9(15)13-6-4-12(5-7-13)8(11)14;1-9(2,3)13-8(12)11-6-4-10-5-7-11/h4-7H2,1-3H3;10H,4-7H2,1-3H3. The lowest BCUT2D eigenvalue weighted by Gasteiger charge is -2.34. The highest BCUT2D eigenvalue weighted by Crippen LogP contribution is 2.12. The number of nitrogens with zero attached hydrogens (tertiary/aromatic N) is 3. The maximum atomic E-state index is 11.7. The van der Waals surface area contributed by atoms with Crippen molar-refractivity contribution >= 4 is 29.2 Å². The molecule has 0 bridgehead atoms. The average molecular weight is 435 g/mol. The Balaban J connectivity index is 0.000000296. The molecular weight excluding hydrogens is 400 g/mol. The zero-order chi connectivity index (χ0) is 22.2. The van der Waals surface area contributed by atoms with E-state index in [-0.39, 0.29) is 17.8 Å². The molecule has 2 fully saturated rings. The molecule has 0 aromatic heterocycles. The molecule has 1 N–H and O–H groups in total. The summed E-state index contributed by atoms with van der Waals surface area (Å²) in [6, 6.07) is 0. The normalized spacial score (nSPS) is 17.8. The van der Waals surface area contributed by atoms with E-state index >= 15 is 0 Å². The summed E-state index contributed by atoms with van der Waals surface area (Å²) in [6.45, 7) is 16.2. The minimum atomic E-state index is -0.490. The molecule has 10 heteroatoms. The summed E-state index contributed by atoms with van der Waals surface area (Å²) in [5, 5.41) is 2.71. The fourth-order valence-corrected chi connectivity index (χ4v) is 2.73. The molecule has 168 valence electrons. The molecule has 0 radical (unpaired) electrons. The van der Waals surface area contributed by atoms with Crippen LogP contribution in [-0.4, -0.2) is 95.8 Å². The Kier molecular flexibility index (Phi) is 9.48. The van der Waals surface area contributed by atoms with Crippen molar-refractivity contribution in [3.8, 4) is 0 Å². The number of halogens is 1. The first-order valence-electron chi connectivity index (χ1n) is 9.89. The lowest BCUT2D eigenvalue weighted by atomic mass is 10.2. The second kappa shape index (κ2) is 10.9. The van der Waals surface area contributed by atoms with Gasteiger partial charge in [-0.25, -0.2) is 9.59 Å². The van der Waals surface area contributed by atoms with E-state index in [1.54, 1.807) is 9.80 Å². The highest BCUT2D eigenvalue weighted by atomic mass is 35.5. The zero-order valence-electron chi connectivity index (χ0n) is 18.4. The van der Waals surface area contributed by atoms with E-state index in [1.807, 2.05) is 41.5 Å². The molecule has 2 aliphatic heterocycles. The number of carbonyl (C=O) groups excluding carboxylic acids is 3. The van der Waals surface area contributed by atoms with Crippen molar-refractivity contribution in [2.24, 2.45) is 0 Å². The van der Waals surface area contributed by atoms with Crippen LogP contribution in [0.4, 0.5) is 14.4 Å². The van der Waals surface area contributed by atoms with Crippen molar-refractivity contribution in [1.82, 2.24) is 20.0 Å². The van der Waals surface area contributed by atoms with Crippen LogP contribution in [0.2, 0.25) is 0 Å². The van der Waals surface area contributed by atoms with Crippen molar-refractivity contribution in [3.63, 3.8) is 0 Å². The van der Waals surface area contributed by atoms with E-state index in [1.165, 1.54) is 4.90 Å². The minimum Gasteiger partial charge on any atom is -0.444 e. The number of carbonyl (C=O) groups is 3. The van der Waals surface area contributed by atoms with Crippen LogP contribution in [0.25, 0.3) is 0 Å². The van der Waals surface area contributed by atoms with Crippen LogP contribution in [0.3, 0.4) is 0 Å². The summed E-state index contributed by atoms with van der Waals surface area (Å²) in [4.78, 5) is 38.8. The minimum absolute atomic E-state index is 0.200. The number of hydrogen-bond donors (Lipinski definition) is 1. The largest absolute Gasteiger partial charge is 0.444 e. The molecule has 2 heterocycles. The molecule has 0 spiro atoms. The molecule has 2 aliphatic rings. The fourth-order valence-electron chi connectivity index (χ4n) is 2.57. The topological polar surface area (TPSA) is 91.4 Å². The quantitative estimate of drug-likeness (QED) is 0.465. The van der Waals surface area contributed by atoms with Crippen molar-refractivity contribution in [2.75, 3.05) is 52.4 Å². The third kappa shape index (κ3) is 10.6. The molecule has 2 saturated heterocycles. The molecule has 29 heavy (non-hydrogen) atoms.